The maximum absolute atomic E-state index is 12.5. The molecular weight excluding hydrogens is 408 g/mol. The number of pyridine rings is 1. The van der Waals surface area contributed by atoms with E-state index in [4.69, 9.17) is 0 Å². The van der Waals surface area contributed by atoms with E-state index in [2.05, 4.69) is 20.2 Å². The molecule has 4 rings (SSSR count). The zero-order chi connectivity index (χ0) is 21.1. The molecule has 30 heavy (non-hydrogen) atoms. The van der Waals surface area contributed by atoms with Crippen LogP contribution in [0.15, 0.2) is 42.6 Å². The number of rotatable bonds is 5. The van der Waals surface area contributed by atoms with Crippen molar-refractivity contribution in [3.05, 3.63) is 58.3 Å². The Morgan fingerprint density at radius 1 is 1.17 bits per heavy atom. The third kappa shape index (κ3) is 4.20. The lowest BCUT2D eigenvalue weighted by Crippen LogP contribution is -2.51. The predicted octanol–water partition coefficient (Wildman–Crippen LogP) is 1.68. The summed E-state index contributed by atoms with van der Waals surface area (Å²) in [5, 5.41) is 14.3. The number of benzene rings is 1. The van der Waals surface area contributed by atoms with Gasteiger partial charge in [-0.1, -0.05) is 17.4 Å². The molecule has 1 aromatic carbocycles. The molecule has 1 aliphatic heterocycles. The van der Waals surface area contributed by atoms with E-state index in [1.54, 1.807) is 11.1 Å². The van der Waals surface area contributed by atoms with E-state index in [1.807, 2.05) is 12.1 Å². The van der Waals surface area contributed by atoms with Gasteiger partial charge in [-0.15, -0.1) is 0 Å². The van der Waals surface area contributed by atoms with E-state index in [-0.39, 0.29) is 23.7 Å². The highest BCUT2D eigenvalue weighted by Crippen LogP contribution is 2.27. The second-order valence-electron chi connectivity index (χ2n) is 6.68. The molecule has 0 radical (unpaired) electrons. The van der Waals surface area contributed by atoms with Crippen LogP contribution in [0.5, 0.6) is 0 Å². The normalized spacial score (nSPS) is 14.0. The number of carbonyl (C=O) groups is 2. The Morgan fingerprint density at radius 3 is 2.70 bits per heavy atom. The van der Waals surface area contributed by atoms with Gasteiger partial charge in [0.05, 0.1) is 11.5 Å². The predicted molar refractivity (Wildman–Crippen MR) is 112 cm³/mol. The van der Waals surface area contributed by atoms with Crippen LogP contribution in [0.2, 0.25) is 0 Å². The number of anilines is 1. The van der Waals surface area contributed by atoms with Gasteiger partial charge in [0.15, 0.2) is 5.13 Å². The number of non-ortho nitro benzene ring substituents is 1. The van der Waals surface area contributed by atoms with Crippen molar-refractivity contribution >= 4 is 44.3 Å². The fraction of sp³-hybridized carbons (Fsp3) is 0.263. The average Bonchev–Trinajstić information content (AvgIpc) is 3.21. The van der Waals surface area contributed by atoms with Crippen molar-refractivity contribution in [2.45, 2.75) is 0 Å². The van der Waals surface area contributed by atoms with E-state index >= 15 is 0 Å². The van der Waals surface area contributed by atoms with E-state index in [0.29, 0.717) is 26.2 Å². The minimum Gasteiger partial charge on any atom is -0.344 e. The number of nitrogens with zero attached hydrogens (tertiary/aromatic N) is 5. The summed E-state index contributed by atoms with van der Waals surface area (Å²) in [6.45, 7) is 2.17. The number of nitro groups is 1. The fourth-order valence-corrected chi connectivity index (χ4v) is 4.13. The molecule has 2 amide bonds. The van der Waals surface area contributed by atoms with Gasteiger partial charge in [0, 0.05) is 50.1 Å². The van der Waals surface area contributed by atoms with Crippen LogP contribution in [-0.4, -0.2) is 64.3 Å². The lowest BCUT2D eigenvalue weighted by Gasteiger charge is -2.34. The number of nitrogens with one attached hydrogen (secondary N) is 1. The van der Waals surface area contributed by atoms with Crippen LogP contribution < -0.4 is 10.2 Å². The molecule has 2 aromatic heterocycles. The third-order valence-electron chi connectivity index (χ3n) is 4.78. The highest BCUT2D eigenvalue weighted by atomic mass is 32.1. The van der Waals surface area contributed by atoms with Gasteiger partial charge in [-0.25, -0.2) is 9.97 Å². The van der Waals surface area contributed by atoms with Crippen LogP contribution in [0.3, 0.4) is 0 Å². The molecule has 0 spiro atoms. The number of hydrogen-bond acceptors (Lipinski definition) is 8. The summed E-state index contributed by atoms with van der Waals surface area (Å²) in [6.07, 6.45) is 1.74. The molecule has 1 fully saturated rings. The molecule has 1 aliphatic rings. The van der Waals surface area contributed by atoms with Gasteiger partial charge < -0.3 is 15.1 Å². The topological polar surface area (TPSA) is 122 Å². The van der Waals surface area contributed by atoms with Crippen LogP contribution in [0.1, 0.15) is 10.4 Å². The van der Waals surface area contributed by atoms with Gasteiger partial charge in [-0.3, -0.25) is 19.7 Å². The Bertz CT molecular complexity index is 1080. The molecule has 0 unspecified atom stereocenters. The first-order chi connectivity index (χ1) is 14.5. The molecule has 3 aromatic rings. The van der Waals surface area contributed by atoms with Crippen molar-refractivity contribution in [2.75, 3.05) is 37.6 Å². The molecule has 0 atom stereocenters. The quantitative estimate of drug-likeness (QED) is 0.486. The molecular formula is C19H18N6O4S. The van der Waals surface area contributed by atoms with Crippen molar-refractivity contribution < 1.29 is 14.5 Å². The van der Waals surface area contributed by atoms with Crippen molar-refractivity contribution in [1.29, 1.82) is 0 Å². The van der Waals surface area contributed by atoms with E-state index in [0.717, 1.165) is 15.5 Å². The Balaban J connectivity index is 1.29. The molecule has 3 heterocycles. The van der Waals surface area contributed by atoms with Crippen LogP contribution in [0.4, 0.5) is 10.8 Å². The van der Waals surface area contributed by atoms with Gasteiger partial charge in [0.2, 0.25) is 5.91 Å². The molecule has 1 saturated heterocycles. The molecule has 0 bridgehead atoms. The molecule has 11 heteroatoms. The number of hydrogen-bond donors (Lipinski definition) is 1. The zero-order valence-corrected chi connectivity index (χ0v) is 16.7. The first-order valence-electron chi connectivity index (χ1n) is 9.28. The highest BCUT2D eigenvalue weighted by molar-refractivity contribution is 7.21. The first-order valence-corrected chi connectivity index (χ1v) is 10.1. The van der Waals surface area contributed by atoms with Crippen molar-refractivity contribution in [2.24, 2.45) is 0 Å². The Kier molecular flexibility index (Phi) is 5.53. The maximum Gasteiger partial charge on any atom is 0.270 e. The maximum atomic E-state index is 12.5. The summed E-state index contributed by atoms with van der Waals surface area (Å²) in [6, 6.07) is 9.18. The Labute approximate surface area is 175 Å². The Hall–Kier alpha value is -3.60. The number of nitro benzene ring substituents is 1. The van der Waals surface area contributed by atoms with E-state index in [1.165, 1.54) is 35.6 Å². The summed E-state index contributed by atoms with van der Waals surface area (Å²) in [4.78, 5) is 48.5. The molecule has 1 N–H and O–H groups in total. The number of fused-ring (bicyclic) bond motifs is 1. The lowest BCUT2D eigenvalue weighted by atomic mass is 10.2. The molecule has 10 nitrogen and oxygen atoms in total. The average molecular weight is 426 g/mol. The minimum absolute atomic E-state index is 0.145. The summed E-state index contributed by atoms with van der Waals surface area (Å²) in [7, 11) is 0. The number of piperazine rings is 1. The largest absolute Gasteiger partial charge is 0.344 e. The van der Waals surface area contributed by atoms with Crippen LogP contribution in [-0.2, 0) is 4.79 Å². The van der Waals surface area contributed by atoms with Crippen molar-refractivity contribution in [1.82, 2.24) is 20.2 Å². The number of carbonyl (C=O) groups excluding carboxylic acids is 2. The standard InChI is InChI=1S/C19H18N6O4S/c26-16(12-21-17(27)13-3-1-4-14(11-13)25(28)29)23-7-9-24(10-8-23)19-22-15-5-2-6-20-18(15)30-19/h1-6,11H,7-10,12H2,(H,21,27). The number of aromatic nitrogens is 2. The molecule has 0 aliphatic carbocycles. The van der Waals surface area contributed by atoms with Crippen molar-refractivity contribution in [3.8, 4) is 0 Å². The van der Waals surface area contributed by atoms with Gasteiger partial charge in [-0.05, 0) is 18.2 Å². The lowest BCUT2D eigenvalue weighted by molar-refractivity contribution is -0.384. The molecule has 154 valence electrons. The molecule has 0 saturated carbocycles. The zero-order valence-electron chi connectivity index (χ0n) is 15.9. The number of amides is 2. The number of thiazole rings is 1. The van der Waals surface area contributed by atoms with Crippen LogP contribution >= 0.6 is 11.3 Å². The van der Waals surface area contributed by atoms with E-state index < -0.39 is 10.8 Å². The van der Waals surface area contributed by atoms with E-state index in [9.17, 15) is 19.7 Å². The Morgan fingerprint density at radius 2 is 1.97 bits per heavy atom. The van der Waals surface area contributed by atoms with Gasteiger partial charge >= 0.3 is 0 Å². The smallest absolute Gasteiger partial charge is 0.270 e. The van der Waals surface area contributed by atoms with Crippen LogP contribution in [0, 0.1) is 10.1 Å². The highest BCUT2D eigenvalue weighted by Gasteiger charge is 2.23. The first kappa shape index (κ1) is 19.7. The SMILES string of the molecule is O=C(NCC(=O)N1CCN(c2nc3cccnc3s2)CC1)c1cccc([N+](=O)[O-])c1. The van der Waals surface area contributed by atoms with Gasteiger partial charge in [0.1, 0.15) is 10.3 Å². The summed E-state index contributed by atoms with van der Waals surface area (Å²) in [5.74, 6) is -0.716. The van der Waals surface area contributed by atoms with Gasteiger partial charge in [-0.2, -0.15) is 0 Å². The van der Waals surface area contributed by atoms with Crippen LogP contribution in [0.25, 0.3) is 10.3 Å². The van der Waals surface area contributed by atoms with Gasteiger partial charge in [0.25, 0.3) is 11.6 Å². The third-order valence-corrected chi connectivity index (χ3v) is 5.82. The second kappa shape index (κ2) is 8.41. The fourth-order valence-electron chi connectivity index (χ4n) is 3.17. The summed E-state index contributed by atoms with van der Waals surface area (Å²) in [5.41, 5.74) is 0.835. The summed E-state index contributed by atoms with van der Waals surface area (Å²) < 4.78 is 0. The van der Waals surface area contributed by atoms with Crippen molar-refractivity contribution in [3.63, 3.8) is 0 Å². The second-order valence-corrected chi connectivity index (χ2v) is 7.64. The minimum atomic E-state index is -0.567. The monoisotopic (exact) mass is 426 g/mol. The summed E-state index contributed by atoms with van der Waals surface area (Å²) >= 11 is 1.52.